The predicted molar refractivity (Wildman–Crippen MR) is 82.8 cm³/mol. The molecule has 1 N–H and O–H groups in total. The van der Waals surface area contributed by atoms with Gasteiger partial charge in [0.1, 0.15) is 0 Å². The Hall–Kier alpha value is -2.09. The highest BCUT2D eigenvalue weighted by atomic mass is 15.2. The molecule has 0 aromatic heterocycles. The molecule has 1 aliphatic heterocycles. The van der Waals surface area contributed by atoms with Crippen LogP contribution >= 0.6 is 0 Å². The topological polar surface area (TPSA) is 27.1 Å². The molecule has 2 aromatic carbocycles. The van der Waals surface area contributed by atoms with E-state index < -0.39 is 0 Å². The first kappa shape index (κ1) is 12.9. The first-order valence-electron chi connectivity index (χ1n) is 7.21. The molecule has 2 nitrogen and oxygen atoms in total. The van der Waals surface area contributed by atoms with Crippen molar-refractivity contribution in [1.82, 2.24) is 4.90 Å². The Balaban J connectivity index is 1.94. The summed E-state index contributed by atoms with van der Waals surface area (Å²) in [4.78, 5) is 2.27. The number of rotatable bonds is 2. The Labute approximate surface area is 120 Å². The summed E-state index contributed by atoms with van der Waals surface area (Å²) in [6, 6.07) is 21.8. The van der Waals surface area contributed by atoms with E-state index in [9.17, 15) is 0 Å². The molecule has 0 aliphatic carbocycles. The van der Waals surface area contributed by atoms with Crippen LogP contribution in [0.15, 0.2) is 60.7 Å². The summed E-state index contributed by atoms with van der Waals surface area (Å²) >= 11 is 0. The van der Waals surface area contributed by atoms with Crippen molar-refractivity contribution in [2.75, 3.05) is 0 Å². The minimum Gasteiger partial charge on any atom is -0.347 e. The lowest BCUT2D eigenvalue weighted by Gasteiger charge is -2.32. The van der Waals surface area contributed by atoms with Gasteiger partial charge >= 0.3 is 0 Å². The van der Waals surface area contributed by atoms with Gasteiger partial charge in [0.05, 0.1) is 17.9 Å². The molecule has 0 radical (unpaired) electrons. The van der Waals surface area contributed by atoms with E-state index >= 15 is 0 Å². The van der Waals surface area contributed by atoms with E-state index in [-0.39, 0.29) is 0 Å². The maximum Gasteiger partial charge on any atom is 0.0936 e. The molecule has 1 heterocycles. The minimum atomic E-state index is 0.332. The van der Waals surface area contributed by atoms with Gasteiger partial charge in [-0.05, 0) is 30.9 Å². The third-order valence-corrected chi connectivity index (χ3v) is 4.14. The van der Waals surface area contributed by atoms with Crippen LogP contribution in [0, 0.1) is 5.41 Å². The normalized spacial score (nSPS) is 21.9. The minimum absolute atomic E-state index is 0.332. The van der Waals surface area contributed by atoms with Gasteiger partial charge in [-0.3, -0.25) is 5.41 Å². The molecule has 1 fully saturated rings. The second kappa shape index (κ2) is 5.49. The van der Waals surface area contributed by atoms with Gasteiger partial charge < -0.3 is 4.90 Å². The Morgan fingerprint density at radius 3 is 1.60 bits per heavy atom. The van der Waals surface area contributed by atoms with Crippen LogP contribution in [0.5, 0.6) is 0 Å². The third kappa shape index (κ3) is 2.34. The molecular formula is C18H20N2. The van der Waals surface area contributed by atoms with Crippen molar-refractivity contribution in [2.45, 2.75) is 31.8 Å². The fraction of sp³-hybridized carbons (Fsp3) is 0.278. The largest absolute Gasteiger partial charge is 0.347 e. The van der Waals surface area contributed by atoms with Crippen LogP contribution < -0.4 is 0 Å². The molecule has 0 saturated carbocycles. The number of hydrogen-bond donors (Lipinski definition) is 1. The van der Waals surface area contributed by atoms with Crippen LogP contribution in [0.1, 0.15) is 43.0 Å². The molecule has 3 rings (SSSR count). The molecule has 0 amide bonds. The van der Waals surface area contributed by atoms with E-state index in [1.54, 1.807) is 0 Å². The van der Waals surface area contributed by atoms with E-state index in [0.29, 0.717) is 17.9 Å². The van der Waals surface area contributed by atoms with E-state index in [4.69, 9.17) is 5.41 Å². The van der Waals surface area contributed by atoms with Crippen molar-refractivity contribution in [3.8, 4) is 0 Å². The van der Waals surface area contributed by atoms with Crippen molar-refractivity contribution in [1.29, 1.82) is 5.41 Å². The Bertz CT molecular complexity index is 529. The van der Waals surface area contributed by atoms with Crippen molar-refractivity contribution in [3.63, 3.8) is 0 Å². The van der Waals surface area contributed by atoms with Gasteiger partial charge in [0.25, 0.3) is 0 Å². The molecule has 2 unspecified atom stereocenters. The first-order valence-corrected chi connectivity index (χ1v) is 7.21. The lowest BCUT2D eigenvalue weighted by molar-refractivity contribution is 0.318. The Kier molecular flexibility index (Phi) is 3.55. The molecule has 20 heavy (non-hydrogen) atoms. The SMILES string of the molecule is CC(=N)N1C(c2ccccc2)CCC1c1ccccc1. The molecule has 1 aliphatic rings. The average Bonchev–Trinajstić information content (AvgIpc) is 2.94. The quantitative estimate of drug-likeness (QED) is 0.624. The predicted octanol–water partition coefficient (Wildman–Crippen LogP) is 4.56. The average molecular weight is 264 g/mol. The fourth-order valence-electron chi connectivity index (χ4n) is 3.28. The zero-order valence-electron chi connectivity index (χ0n) is 11.8. The van der Waals surface area contributed by atoms with Crippen LogP contribution in [0.3, 0.4) is 0 Å². The van der Waals surface area contributed by atoms with Gasteiger partial charge in [0.15, 0.2) is 0 Å². The molecule has 1 saturated heterocycles. The van der Waals surface area contributed by atoms with Gasteiger partial charge in [-0.1, -0.05) is 60.7 Å². The lowest BCUT2D eigenvalue weighted by Crippen LogP contribution is -2.30. The summed E-state index contributed by atoms with van der Waals surface area (Å²) in [6.45, 7) is 1.90. The molecule has 0 bridgehead atoms. The van der Waals surface area contributed by atoms with Gasteiger partial charge in [-0.15, -0.1) is 0 Å². The maximum absolute atomic E-state index is 8.18. The highest BCUT2D eigenvalue weighted by Gasteiger charge is 2.35. The fourth-order valence-corrected chi connectivity index (χ4v) is 3.28. The van der Waals surface area contributed by atoms with Gasteiger partial charge in [-0.25, -0.2) is 0 Å². The molecule has 0 spiro atoms. The molecule has 2 heteroatoms. The molecule has 102 valence electrons. The van der Waals surface area contributed by atoms with Gasteiger partial charge in [0, 0.05) is 0 Å². The highest BCUT2D eigenvalue weighted by molar-refractivity contribution is 5.77. The summed E-state index contributed by atoms with van der Waals surface area (Å²) in [5.41, 5.74) is 2.63. The standard InChI is InChI=1S/C18H20N2/c1-14(19)20-17(15-8-4-2-5-9-15)12-13-18(20)16-10-6-3-7-11-16/h2-11,17-19H,12-13H2,1H3. The van der Waals surface area contributed by atoms with Crippen molar-refractivity contribution >= 4 is 5.84 Å². The maximum atomic E-state index is 8.18. The van der Waals surface area contributed by atoms with E-state index in [0.717, 1.165) is 12.8 Å². The van der Waals surface area contributed by atoms with E-state index in [1.165, 1.54) is 11.1 Å². The van der Waals surface area contributed by atoms with Crippen molar-refractivity contribution < 1.29 is 0 Å². The van der Waals surface area contributed by atoms with Crippen LogP contribution in [0.4, 0.5) is 0 Å². The number of nitrogens with one attached hydrogen (secondary N) is 1. The number of amidine groups is 1. The lowest BCUT2D eigenvalue weighted by atomic mass is 10.0. The van der Waals surface area contributed by atoms with Crippen LogP contribution in [-0.4, -0.2) is 10.7 Å². The highest BCUT2D eigenvalue weighted by Crippen LogP contribution is 2.43. The van der Waals surface area contributed by atoms with Crippen LogP contribution in [-0.2, 0) is 0 Å². The zero-order chi connectivity index (χ0) is 13.9. The zero-order valence-corrected chi connectivity index (χ0v) is 11.8. The van der Waals surface area contributed by atoms with Gasteiger partial charge in [-0.2, -0.15) is 0 Å². The summed E-state index contributed by atoms with van der Waals surface area (Å²) in [5, 5.41) is 8.18. The molecule has 2 aromatic rings. The van der Waals surface area contributed by atoms with Gasteiger partial charge in [0.2, 0.25) is 0 Å². The summed E-state index contributed by atoms with van der Waals surface area (Å²) in [6.07, 6.45) is 2.22. The van der Waals surface area contributed by atoms with Crippen LogP contribution in [0.2, 0.25) is 0 Å². The first-order chi connectivity index (χ1) is 9.77. The monoisotopic (exact) mass is 264 g/mol. The second-order valence-corrected chi connectivity index (χ2v) is 5.42. The smallest absolute Gasteiger partial charge is 0.0936 e. The summed E-state index contributed by atoms with van der Waals surface area (Å²) < 4.78 is 0. The van der Waals surface area contributed by atoms with Crippen LogP contribution in [0.25, 0.3) is 0 Å². The number of hydrogen-bond acceptors (Lipinski definition) is 1. The third-order valence-electron chi connectivity index (χ3n) is 4.14. The van der Waals surface area contributed by atoms with E-state index in [1.807, 2.05) is 6.92 Å². The number of likely N-dealkylation sites (tertiary alicyclic amines) is 1. The Morgan fingerprint density at radius 1 is 0.850 bits per heavy atom. The number of benzene rings is 2. The Morgan fingerprint density at radius 2 is 1.25 bits per heavy atom. The number of nitrogens with zero attached hydrogens (tertiary/aromatic N) is 1. The molecule has 2 atom stereocenters. The van der Waals surface area contributed by atoms with Crippen molar-refractivity contribution in [2.24, 2.45) is 0 Å². The summed E-state index contributed by atoms with van der Waals surface area (Å²) in [7, 11) is 0. The van der Waals surface area contributed by atoms with Crippen molar-refractivity contribution in [3.05, 3.63) is 71.8 Å². The van der Waals surface area contributed by atoms with E-state index in [2.05, 4.69) is 65.6 Å². The summed E-state index contributed by atoms with van der Waals surface area (Å²) in [5.74, 6) is 0.658. The second-order valence-electron chi connectivity index (χ2n) is 5.42. The molecular weight excluding hydrogens is 244 g/mol.